The van der Waals surface area contributed by atoms with Crippen molar-refractivity contribution < 1.29 is 13.2 Å². The number of halogens is 3. The van der Waals surface area contributed by atoms with Crippen molar-refractivity contribution in [3.63, 3.8) is 0 Å². The number of fused-ring (bicyclic) bond motifs is 1. The van der Waals surface area contributed by atoms with Crippen molar-refractivity contribution in [1.82, 2.24) is 14.4 Å². The third-order valence-electron chi connectivity index (χ3n) is 2.46. The zero-order valence-corrected chi connectivity index (χ0v) is 12.9. The minimum Gasteiger partial charge on any atom is -0.291 e. The number of rotatable bonds is 2. The summed E-state index contributed by atoms with van der Waals surface area (Å²) in [5, 5.41) is 0.123. The van der Waals surface area contributed by atoms with E-state index in [0.717, 1.165) is 0 Å². The molecule has 0 aliphatic carbocycles. The van der Waals surface area contributed by atoms with Gasteiger partial charge in [-0.05, 0) is 12.8 Å². The largest absolute Gasteiger partial charge is 0.447 e. The number of hydrogen-bond acceptors (Lipinski definition) is 3. The fourth-order valence-corrected chi connectivity index (χ4v) is 2.54. The molecule has 2 heterocycles. The molecule has 2 aromatic rings. The fraction of sp³-hybridized carbons (Fsp3) is 0.538. The van der Waals surface area contributed by atoms with Crippen LogP contribution in [-0.4, -0.2) is 19.9 Å². The van der Waals surface area contributed by atoms with Gasteiger partial charge in [0.15, 0.2) is 5.65 Å². The highest BCUT2D eigenvalue weighted by atomic mass is 32.2. The molecule has 0 aromatic carbocycles. The summed E-state index contributed by atoms with van der Waals surface area (Å²) in [5.74, 6) is -0.0749. The topological polar surface area (TPSA) is 30.2 Å². The normalized spacial score (nSPS) is 11.7. The molecule has 20 heavy (non-hydrogen) atoms. The molecule has 0 saturated carbocycles. The lowest BCUT2D eigenvalue weighted by Gasteiger charge is -2.09. The van der Waals surface area contributed by atoms with Gasteiger partial charge in [0.1, 0.15) is 5.03 Å². The van der Waals surface area contributed by atoms with Gasteiger partial charge in [-0.3, -0.25) is 9.38 Å². The summed E-state index contributed by atoms with van der Waals surface area (Å²) in [6.07, 6.45) is 2.99. The molecule has 7 heteroatoms. The van der Waals surface area contributed by atoms with E-state index in [0.29, 0.717) is 17.0 Å². The van der Waals surface area contributed by atoms with Gasteiger partial charge in [-0.2, -0.15) is 13.2 Å². The minimum atomic E-state index is -4.32. The predicted octanol–water partition coefficient (Wildman–Crippen LogP) is 4.80. The molecule has 2 aromatic heterocycles. The monoisotopic (exact) mass is 305 g/mol. The average molecular weight is 305 g/mol. The highest BCUT2D eigenvalue weighted by Crippen LogP contribution is 2.40. The van der Waals surface area contributed by atoms with Crippen LogP contribution in [-0.2, 0) is 0 Å². The number of imidazole rings is 1. The second-order valence-corrected chi connectivity index (χ2v) is 5.26. The molecular formula is C13H18F3N3S. The minimum absolute atomic E-state index is 0.0749. The van der Waals surface area contributed by atoms with Crippen molar-refractivity contribution in [2.45, 2.75) is 51.1 Å². The Bertz CT molecular complexity index is 576. The number of aryl methyl sites for hydroxylation is 1. The number of alkyl halides is 3. The first-order chi connectivity index (χ1) is 9.29. The Hall–Kier alpha value is -1.24. The quantitative estimate of drug-likeness (QED) is 0.747. The van der Waals surface area contributed by atoms with E-state index in [2.05, 4.69) is 9.97 Å². The van der Waals surface area contributed by atoms with Gasteiger partial charge in [-0.25, -0.2) is 4.98 Å². The van der Waals surface area contributed by atoms with E-state index in [9.17, 15) is 13.2 Å². The molecular weight excluding hydrogens is 287 g/mol. The Labute approximate surface area is 120 Å². The van der Waals surface area contributed by atoms with Crippen LogP contribution in [0.5, 0.6) is 0 Å². The first-order valence-corrected chi connectivity index (χ1v) is 7.20. The van der Waals surface area contributed by atoms with Crippen LogP contribution in [0.15, 0.2) is 17.4 Å². The molecule has 0 amide bonds. The molecule has 0 N–H and O–H groups in total. The van der Waals surface area contributed by atoms with Crippen molar-refractivity contribution in [3.8, 4) is 0 Å². The van der Waals surface area contributed by atoms with E-state index < -0.39 is 5.51 Å². The maximum atomic E-state index is 12.6. The SMILES string of the molecule is CC.Cc1nccn2c(SC(F)(F)F)c(C(C)C)nc12. The Morgan fingerprint density at radius 1 is 1.25 bits per heavy atom. The number of nitrogens with zero attached hydrogens (tertiary/aromatic N) is 3. The average Bonchev–Trinajstić information content (AvgIpc) is 2.70. The second kappa shape index (κ2) is 6.47. The summed E-state index contributed by atoms with van der Waals surface area (Å²) in [6.45, 7) is 9.38. The first-order valence-electron chi connectivity index (χ1n) is 6.39. The fourth-order valence-electron chi connectivity index (χ4n) is 1.69. The molecule has 0 saturated heterocycles. The Morgan fingerprint density at radius 2 is 1.85 bits per heavy atom. The summed E-state index contributed by atoms with van der Waals surface area (Å²) >= 11 is -0.127. The van der Waals surface area contributed by atoms with Crippen LogP contribution < -0.4 is 0 Å². The molecule has 0 unspecified atom stereocenters. The molecule has 112 valence electrons. The molecule has 0 aliphatic heterocycles. The lowest BCUT2D eigenvalue weighted by Crippen LogP contribution is -2.03. The summed E-state index contributed by atoms with van der Waals surface area (Å²) in [7, 11) is 0. The third-order valence-corrected chi connectivity index (χ3v) is 3.29. The van der Waals surface area contributed by atoms with Crippen LogP contribution in [0.1, 0.15) is 45.0 Å². The van der Waals surface area contributed by atoms with Crippen molar-refractivity contribution in [2.75, 3.05) is 0 Å². The van der Waals surface area contributed by atoms with Crippen molar-refractivity contribution in [1.29, 1.82) is 0 Å². The van der Waals surface area contributed by atoms with Crippen molar-refractivity contribution in [3.05, 3.63) is 23.8 Å². The van der Waals surface area contributed by atoms with Crippen LogP contribution in [0.3, 0.4) is 0 Å². The Balaban J connectivity index is 0.000000956. The predicted molar refractivity (Wildman–Crippen MR) is 75.1 cm³/mol. The maximum absolute atomic E-state index is 12.6. The smallest absolute Gasteiger partial charge is 0.291 e. The van der Waals surface area contributed by atoms with E-state index in [4.69, 9.17) is 0 Å². The molecule has 0 radical (unpaired) electrons. The van der Waals surface area contributed by atoms with Crippen LogP contribution in [0, 0.1) is 6.92 Å². The first kappa shape index (κ1) is 16.8. The highest BCUT2D eigenvalue weighted by Gasteiger charge is 2.33. The van der Waals surface area contributed by atoms with Crippen LogP contribution >= 0.6 is 11.8 Å². The molecule has 3 nitrogen and oxygen atoms in total. The lowest BCUT2D eigenvalue weighted by molar-refractivity contribution is -0.0330. The van der Waals surface area contributed by atoms with Gasteiger partial charge < -0.3 is 0 Å². The lowest BCUT2D eigenvalue weighted by atomic mass is 10.2. The zero-order chi connectivity index (χ0) is 15.5. The van der Waals surface area contributed by atoms with Gasteiger partial charge in [0.25, 0.3) is 0 Å². The molecule has 0 aliphatic rings. The maximum Gasteiger partial charge on any atom is 0.447 e. The summed E-state index contributed by atoms with van der Waals surface area (Å²) < 4.78 is 39.2. The number of thioether (sulfide) groups is 1. The summed E-state index contributed by atoms with van der Waals surface area (Å²) in [5.41, 5.74) is -2.77. The molecule has 0 spiro atoms. The van der Waals surface area contributed by atoms with Gasteiger partial charge in [0.05, 0.1) is 11.4 Å². The zero-order valence-electron chi connectivity index (χ0n) is 12.1. The van der Waals surface area contributed by atoms with E-state index in [-0.39, 0.29) is 22.7 Å². The van der Waals surface area contributed by atoms with Crippen molar-refractivity contribution >= 4 is 17.4 Å². The molecule has 0 fully saturated rings. The summed E-state index contributed by atoms with van der Waals surface area (Å²) in [4.78, 5) is 8.32. The van der Waals surface area contributed by atoms with E-state index >= 15 is 0 Å². The van der Waals surface area contributed by atoms with E-state index in [1.54, 1.807) is 6.92 Å². The highest BCUT2D eigenvalue weighted by molar-refractivity contribution is 8.00. The second-order valence-electron chi connectivity index (χ2n) is 4.21. The van der Waals surface area contributed by atoms with Crippen LogP contribution in [0.4, 0.5) is 13.2 Å². The van der Waals surface area contributed by atoms with Gasteiger partial charge in [0, 0.05) is 24.2 Å². The Morgan fingerprint density at radius 3 is 2.35 bits per heavy atom. The standard InChI is InChI=1S/C11H12F3N3S.C2H6/c1-6(2)8-10(18-11(12,13)14)17-5-4-15-7(3)9(17)16-8;1-2/h4-6H,1-3H3;1-2H3. The van der Waals surface area contributed by atoms with Crippen LogP contribution in [0.2, 0.25) is 0 Å². The van der Waals surface area contributed by atoms with E-state index in [1.807, 2.05) is 27.7 Å². The van der Waals surface area contributed by atoms with Gasteiger partial charge in [-0.15, -0.1) is 0 Å². The van der Waals surface area contributed by atoms with Crippen molar-refractivity contribution in [2.24, 2.45) is 0 Å². The third kappa shape index (κ3) is 3.65. The molecule has 0 bridgehead atoms. The molecule has 0 atom stereocenters. The van der Waals surface area contributed by atoms with Crippen LogP contribution in [0.25, 0.3) is 5.65 Å². The van der Waals surface area contributed by atoms with Gasteiger partial charge in [-0.1, -0.05) is 27.7 Å². The summed E-state index contributed by atoms with van der Waals surface area (Å²) in [6, 6.07) is 0. The molecule has 2 rings (SSSR count). The van der Waals surface area contributed by atoms with Gasteiger partial charge in [0.2, 0.25) is 0 Å². The Kier molecular flexibility index (Phi) is 5.44. The number of hydrogen-bond donors (Lipinski definition) is 0. The van der Waals surface area contributed by atoms with E-state index in [1.165, 1.54) is 16.8 Å². The number of aromatic nitrogens is 3. The van der Waals surface area contributed by atoms with Gasteiger partial charge >= 0.3 is 5.51 Å².